The number of aryl methyl sites for hydroxylation is 1. The van der Waals surface area contributed by atoms with Crippen LogP contribution in [0, 0.1) is 12.3 Å². The molecule has 2 heterocycles. The van der Waals surface area contributed by atoms with E-state index in [2.05, 4.69) is 5.32 Å². The highest BCUT2D eigenvalue weighted by atomic mass is 19.4. The molecule has 2 aliphatic heterocycles. The van der Waals surface area contributed by atoms with Crippen molar-refractivity contribution in [1.82, 2.24) is 10.2 Å². The maximum Gasteiger partial charge on any atom is 0.430 e. The third-order valence-corrected chi connectivity index (χ3v) is 7.55. The highest BCUT2D eigenvalue weighted by Crippen LogP contribution is 2.51. The number of ether oxygens (including phenoxy) is 1. The number of nitrogens with one attached hydrogen (secondary N) is 1. The monoisotopic (exact) mass is 474 g/mol. The van der Waals surface area contributed by atoms with E-state index in [0.29, 0.717) is 25.8 Å². The maximum absolute atomic E-state index is 14.4. The summed E-state index contributed by atoms with van der Waals surface area (Å²) >= 11 is 0. The molecule has 0 bridgehead atoms. The van der Waals surface area contributed by atoms with Crippen molar-refractivity contribution in [3.63, 3.8) is 0 Å². The van der Waals surface area contributed by atoms with Gasteiger partial charge in [-0.15, -0.1) is 0 Å². The van der Waals surface area contributed by atoms with E-state index in [1.807, 2.05) is 31.2 Å². The molecule has 2 aliphatic rings. The zero-order chi connectivity index (χ0) is 24.6. The highest BCUT2D eigenvalue weighted by molar-refractivity contribution is 5.88. The molecule has 2 amide bonds. The molecule has 1 N–H and O–H groups in total. The van der Waals surface area contributed by atoms with Crippen LogP contribution in [0.25, 0.3) is 0 Å². The van der Waals surface area contributed by atoms with E-state index >= 15 is 0 Å². The molecule has 2 aromatic carbocycles. The summed E-state index contributed by atoms with van der Waals surface area (Å²) in [6.45, 7) is 2.76. The first-order valence-corrected chi connectivity index (χ1v) is 11.4. The Morgan fingerprint density at radius 2 is 1.68 bits per heavy atom. The van der Waals surface area contributed by atoms with Gasteiger partial charge in [-0.3, -0.25) is 9.59 Å². The fraction of sp³-hybridized carbons (Fsp3) is 0.462. The standard InChI is InChI=1S/C26H29F3N2O3/c1-18-8-6-7-11-20(18)21-17-30-22(32)16-24(21)12-14-31(15-13-24)23(33)25(34-2,26(27,28)29)19-9-4-3-5-10-19/h3-11,21H,12-17H2,1-2H3,(H,30,32)/t21-,25+/m0/s1. The zero-order valence-corrected chi connectivity index (χ0v) is 19.3. The van der Waals surface area contributed by atoms with Crippen LogP contribution in [0.5, 0.6) is 0 Å². The molecule has 0 radical (unpaired) electrons. The minimum atomic E-state index is -4.94. The summed E-state index contributed by atoms with van der Waals surface area (Å²) in [4.78, 5) is 27.1. The first-order chi connectivity index (χ1) is 16.1. The predicted molar refractivity (Wildman–Crippen MR) is 121 cm³/mol. The lowest BCUT2D eigenvalue weighted by molar-refractivity contribution is -0.271. The lowest BCUT2D eigenvalue weighted by Gasteiger charge is -2.50. The van der Waals surface area contributed by atoms with Crippen LogP contribution in [-0.4, -0.2) is 49.6 Å². The quantitative estimate of drug-likeness (QED) is 0.719. The van der Waals surface area contributed by atoms with Crippen LogP contribution in [0.1, 0.15) is 41.9 Å². The van der Waals surface area contributed by atoms with Gasteiger partial charge < -0.3 is 15.0 Å². The number of rotatable bonds is 4. The summed E-state index contributed by atoms with van der Waals surface area (Å²) in [5.74, 6) is -1.14. The van der Waals surface area contributed by atoms with Gasteiger partial charge in [-0.2, -0.15) is 13.2 Å². The smallest absolute Gasteiger partial charge is 0.356 e. The highest BCUT2D eigenvalue weighted by Gasteiger charge is 2.64. The second-order valence-electron chi connectivity index (χ2n) is 9.29. The number of likely N-dealkylation sites (tertiary alicyclic amines) is 1. The lowest BCUT2D eigenvalue weighted by Crippen LogP contribution is -2.60. The van der Waals surface area contributed by atoms with E-state index in [1.165, 1.54) is 29.2 Å². The Labute approximate surface area is 197 Å². The topological polar surface area (TPSA) is 58.6 Å². The fourth-order valence-electron chi connectivity index (χ4n) is 5.66. The maximum atomic E-state index is 14.4. The molecule has 34 heavy (non-hydrogen) atoms. The molecule has 5 nitrogen and oxygen atoms in total. The Bertz CT molecular complexity index is 1050. The first kappa shape index (κ1) is 24.3. The number of hydrogen-bond acceptors (Lipinski definition) is 3. The molecule has 2 fully saturated rings. The number of piperidine rings is 2. The van der Waals surface area contributed by atoms with Crippen LogP contribution in [0.2, 0.25) is 0 Å². The van der Waals surface area contributed by atoms with Crippen molar-refractivity contribution in [2.24, 2.45) is 5.41 Å². The number of carbonyl (C=O) groups excluding carboxylic acids is 2. The fourth-order valence-corrected chi connectivity index (χ4v) is 5.66. The summed E-state index contributed by atoms with van der Waals surface area (Å²) in [6, 6.07) is 15.0. The van der Waals surface area contributed by atoms with Crippen molar-refractivity contribution < 1.29 is 27.5 Å². The van der Waals surface area contributed by atoms with Gasteiger partial charge in [0.25, 0.3) is 11.5 Å². The van der Waals surface area contributed by atoms with Crippen LogP contribution in [-0.2, 0) is 19.9 Å². The molecule has 4 rings (SSSR count). The van der Waals surface area contributed by atoms with Gasteiger partial charge in [-0.1, -0.05) is 54.6 Å². The van der Waals surface area contributed by atoms with Gasteiger partial charge in [0.2, 0.25) is 5.91 Å². The van der Waals surface area contributed by atoms with Gasteiger partial charge in [0.05, 0.1) is 0 Å². The number of nitrogens with zero attached hydrogens (tertiary/aromatic N) is 1. The molecule has 182 valence electrons. The van der Waals surface area contributed by atoms with Crippen LogP contribution < -0.4 is 5.32 Å². The first-order valence-electron chi connectivity index (χ1n) is 11.4. The van der Waals surface area contributed by atoms with Crippen LogP contribution >= 0.6 is 0 Å². The van der Waals surface area contributed by atoms with Crippen molar-refractivity contribution in [2.45, 2.75) is 43.9 Å². The Balaban J connectivity index is 1.63. The van der Waals surface area contributed by atoms with Gasteiger partial charge >= 0.3 is 6.18 Å². The normalized spacial score (nSPS) is 22.2. The van der Waals surface area contributed by atoms with E-state index in [0.717, 1.165) is 18.2 Å². The van der Waals surface area contributed by atoms with E-state index in [-0.39, 0.29) is 30.5 Å². The molecule has 2 aromatic rings. The number of benzene rings is 2. The average Bonchev–Trinajstić information content (AvgIpc) is 2.81. The average molecular weight is 475 g/mol. The number of alkyl halides is 3. The van der Waals surface area contributed by atoms with Gasteiger partial charge in [-0.05, 0) is 36.3 Å². The van der Waals surface area contributed by atoms with Gasteiger partial charge in [-0.25, -0.2) is 0 Å². The third kappa shape index (κ3) is 3.98. The van der Waals surface area contributed by atoms with Gasteiger partial charge in [0.15, 0.2) is 0 Å². The zero-order valence-electron chi connectivity index (χ0n) is 19.3. The molecule has 0 aliphatic carbocycles. The molecule has 2 atom stereocenters. The number of hydrogen-bond donors (Lipinski definition) is 1. The molecular weight excluding hydrogens is 445 g/mol. The van der Waals surface area contributed by atoms with Crippen LogP contribution in [0.15, 0.2) is 54.6 Å². The van der Waals surface area contributed by atoms with Crippen molar-refractivity contribution >= 4 is 11.8 Å². The molecule has 0 aromatic heterocycles. The van der Waals surface area contributed by atoms with Crippen molar-refractivity contribution in [3.8, 4) is 0 Å². The molecule has 1 spiro atoms. The minimum Gasteiger partial charge on any atom is -0.356 e. The van der Waals surface area contributed by atoms with Crippen molar-refractivity contribution in [1.29, 1.82) is 0 Å². The Kier molecular flexibility index (Phi) is 6.46. The van der Waals surface area contributed by atoms with Gasteiger partial charge in [0, 0.05) is 44.6 Å². The van der Waals surface area contributed by atoms with Gasteiger partial charge in [0.1, 0.15) is 0 Å². The van der Waals surface area contributed by atoms with E-state index in [4.69, 9.17) is 4.74 Å². The van der Waals surface area contributed by atoms with Crippen LogP contribution in [0.3, 0.4) is 0 Å². The Morgan fingerprint density at radius 3 is 2.26 bits per heavy atom. The number of halogens is 3. The van der Waals surface area contributed by atoms with Crippen molar-refractivity contribution in [3.05, 3.63) is 71.3 Å². The molecular formula is C26H29F3N2O3. The summed E-state index contributed by atoms with van der Waals surface area (Å²) in [5.41, 5.74) is -1.48. The Hall–Kier alpha value is -2.87. The predicted octanol–water partition coefficient (Wildman–Crippen LogP) is 4.31. The largest absolute Gasteiger partial charge is 0.430 e. The second kappa shape index (κ2) is 9.06. The number of methoxy groups -OCH3 is 1. The SMILES string of the molecule is CO[C@@](C(=O)N1CCC2(CC1)CC(=O)NC[C@H]2c1ccccc1C)(c1ccccc1)C(F)(F)F. The van der Waals surface area contributed by atoms with E-state index in [1.54, 1.807) is 6.07 Å². The summed E-state index contributed by atoms with van der Waals surface area (Å²) in [7, 11) is 0.920. The van der Waals surface area contributed by atoms with Crippen molar-refractivity contribution in [2.75, 3.05) is 26.7 Å². The summed E-state index contributed by atoms with van der Waals surface area (Å²) in [6.07, 6.45) is -3.76. The number of carbonyl (C=O) groups is 2. The third-order valence-electron chi connectivity index (χ3n) is 7.55. The molecule has 0 unspecified atom stereocenters. The second-order valence-corrected chi connectivity index (χ2v) is 9.29. The molecule has 8 heteroatoms. The molecule has 0 saturated carbocycles. The number of amides is 2. The van der Waals surface area contributed by atoms with E-state index < -0.39 is 23.1 Å². The molecule has 2 saturated heterocycles. The lowest BCUT2D eigenvalue weighted by atomic mass is 9.62. The van der Waals surface area contributed by atoms with Crippen LogP contribution in [0.4, 0.5) is 13.2 Å². The summed E-state index contributed by atoms with van der Waals surface area (Å²) in [5, 5.41) is 2.95. The minimum absolute atomic E-state index is 0.0348. The summed E-state index contributed by atoms with van der Waals surface area (Å²) < 4.78 is 48.1. The van der Waals surface area contributed by atoms with E-state index in [9.17, 15) is 22.8 Å². The Morgan fingerprint density at radius 1 is 1.06 bits per heavy atom.